The minimum atomic E-state index is 0.592. The van der Waals surface area contributed by atoms with Crippen molar-refractivity contribution in [2.24, 2.45) is 0 Å². The zero-order valence-electron chi connectivity index (χ0n) is 30.1. The number of hydrogen-bond donors (Lipinski definition) is 0. The van der Waals surface area contributed by atoms with Gasteiger partial charge in [-0.15, -0.1) is 0 Å². The fourth-order valence-corrected chi connectivity index (χ4v) is 7.91. The van der Waals surface area contributed by atoms with E-state index < -0.39 is 0 Å². The Morgan fingerprint density at radius 2 is 0.625 bits per heavy atom. The standard InChI is InChI=1S/C51H31N3O2/c1-2-13-32(14-3-1)33-15-8-18-36(29-33)49-52-50(37-19-9-16-34(30-37)39-23-11-27-45-47(39)41-21-4-6-25-43(41)55-45)54-51(53-49)38-20-10-17-35(31-38)40-24-12-28-46-48(40)42-22-5-7-26-44(42)56-46/h1-31H. The van der Waals surface area contributed by atoms with Crippen LogP contribution in [0.5, 0.6) is 0 Å². The summed E-state index contributed by atoms with van der Waals surface area (Å²) >= 11 is 0. The Hall–Kier alpha value is -7.63. The van der Waals surface area contributed by atoms with Gasteiger partial charge in [0, 0.05) is 38.2 Å². The first-order valence-corrected chi connectivity index (χ1v) is 18.7. The summed E-state index contributed by atoms with van der Waals surface area (Å²) in [5.74, 6) is 1.79. The van der Waals surface area contributed by atoms with E-state index in [0.717, 1.165) is 93.9 Å². The van der Waals surface area contributed by atoms with Crippen molar-refractivity contribution in [3.05, 3.63) is 188 Å². The van der Waals surface area contributed by atoms with E-state index in [1.165, 1.54) is 0 Å². The molecule has 5 nitrogen and oxygen atoms in total. The summed E-state index contributed by atoms with van der Waals surface area (Å²) in [6.07, 6.45) is 0. The molecule has 0 unspecified atom stereocenters. The molecular formula is C51H31N3O2. The molecule has 0 aliphatic heterocycles. The maximum atomic E-state index is 6.24. The zero-order chi connectivity index (χ0) is 37.0. The number of para-hydroxylation sites is 2. The van der Waals surface area contributed by atoms with Crippen molar-refractivity contribution in [2.45, 2.75) is 0 Å². The van der Waals surface area contributed by atoms with Crippen LogP contribution < -0.4 is 0 Å². The van der Waals surface area contributed by atoms with Crippen molar-refractivity contribution in [2.75, 3.05) is 0 Å². The van der Waals surface area contributed by atoms with Crippen LogP contribution in [-0.2, 0) is 0 Å². The molecule has 0 aliphatic rings. The molecule has 3 heterocycles. The highest BCUT2D eigenvalue weighted by Gasteiger charge is 2.18. The summed E-state index contributed by atoms with van der Waals surface area (Å²) in [7, 11) is 0. The topological polar surface area (TPSA) is 65.0 Å². The summed E-state index contributed by atoms with van der Waals surface area (Å²) in [5, 5.41) is 4.36. The van der Waals surface area contributed by atoms with Gasteiger partial charge in [0.1, 0.15) is 22.3 Å². The van der Waals surface area contributed by atoms with Crippen LogP contribution >= 0.6 is 0 Å². The van der Waals surface area contributed by atoms with Crippen molar-refractivity contribution < 1.29 is 8.83 Å². The van der Waals surface area contributed by atoms with Gasteiger partial charge in [0.15, 0.2) is 17.5 Å². The zero-order valence-corrected chi connectivity index (χ0v) is 30.1. The molecule has 8 aromatic carbocycles. The third-order valence-corrected chi connectivity index (χ3v) is 10.5. The lowest BCUT2D eigenvalue weighted by Gasteiger charge is -2.12. The second kappa shape index (κ2) is 13.0. The summed E-state index contributed by atoms with van der Waals surface area (Å²) in [6, 6.07) is 64.5. The maximum absolute atomic E-state index is 6.24. The molecule has 56 heavy (non-hydrogen) atoms. The molecule has 5 heteroatoms. The van der Waals surface area contributed by atoms with E-state index >= 15 is 0 Å². The molecule has 0 aliphatic carbocycles. The number of fused-ring (bicyclic) bond motifs is 6. The fraction of sp³-hybridized carbons (Fsp3) is 0. The van der Waals surface area contributed by atoms with Crippen LogP contribution in [0.3, 0.4) is 0 Å². The van der Waals surface area contributed by atoms with Gasteiger partial charge in [-0.2, -0.15) is 0 Å². The Morgan fingerprint density at radius 1 is 0.268 bits per heavy atom. The lowest BCUT2D eigenvalue weighted by molar-refractivity contribution is 0.668. The summed E-state index contributed by atoms with van der Waals surface area (Å²) in [6.45, 7) is 0. The second-order valence-electron chi connectivity index (χ2n) is 14.0. The van der Waals surface area contributed by atoms with Crippen molar-refractivity contribution in [1.82, 2.24) is 15.0 Å². The molecule has 0 saturated heterocycles. The number of benzene rings is 8. The van der Waals surface area contributed by atoms with E-state index in [1.807, 2.05) is 54.6 Å². The first kappa shape index (κ1) is 31.9. The Balaban J connectivity index is 1.08. The number of hydrogen-bond acceptors (Lipinski definition) is 5. The average molecular weight is 718 g/mol. The monoisotopic (exact) mass is 717 g/mol. The first-order valence-electron chi connectivity index (χ1n) is 18.7. The smallest absolute Gasteiger partial charge is 0.164 e. The van der Waals surface area contributed by atoms with Crippen LogP contribution in [0.4, 0.5) is 0 Å². The Bertz CT molecular complexity index is 3090. The highest BCUT2D eigenvalue weighted by Crippen LogP contribution is 2.40. The molecule has 0 spiro atoms. The van der Waals surface area contributed by atoms with Gasteiger partial charge < -0.3 is 8.83 Å². The Labute approximate surface area is 322 Å². The number of furan rings is 2. The average Bonchev–Trinajstić information content (AvgIpc) is 3.86. The van der Waals surface area contributed by atoms with E-state index in [-0.39, 0.29) is 0 Å². The highest BCUT2D eigenvalue weighted by atomic mass is 16.3. The molecule has 0 amide bonds. The third kappa shape index (κ3) is 5.45. The van der Waals surface area contributed by atoms with Gasteiger partial charge in [0.2, 0.25) is 0 Å². The van der Waals surface area contributed by atoms with Gasteiger partial charge in [-0.1, -0.05) is 146 Å². The number of rotatable bonds is 6. The molecule has 0 saturated carbocycles. The first-order chi connectivity index (χ1) is 27.7. The SMILES string of the molecule is c1ccc(-c2cccc(-c3nc(-c4cccc(-c5cccc6oc7ccccc7c56)c4)nc(-c4cccc(-c5cccc6oc7ccccc7c56)c4)n3)c2)cc1. The van der Waals surface area contributed by atoms with Gasteiger partial charge in [-0.3, -0.25) is 0 Å². The van der Waals surface area contributed by atoms with E-state index in [2.05, 4.69) is 133 Å². The van der Waals surface area contributed by atoms with Crippen molar-refractivity contribution in [3.63, 3.8) is 0 Å². The third-order valence-electron chi connectivity index (χ3n) is 10.5. The fourth-order valence-electron chi connectivity index (χ4n) is 7.91. The molecule has 0 fully saturated rings. The van der Waals surface area contributed by atoms with E-state index in [1.54, 1.807) is 0 Å². The van der Waals surface area contributed by atoms with Gasteiger partial charge >= 0.3 is 0 Å². The van der Waals surface area contributed by atoms with Crippen LogP contribution in [0, 0.1) is 0 Å². The van der Waals surface area contributed by atoms with Crippen molar-refractivity contribution >= 4 is 43.9 Å². The largest absolute Gasteiger partial charge is 0.456 e. The van der Waals surface area contributed by atoms with Gasteiger partial charge in [-0.05, 0) is 75.8 Å². The molecule has 0 bridgehead atoms. The molecule has 0 atom stereocenters. The minimum Gasteiger partial charge on any atom is -0.456 e. The van der Waals surface area contributed by atoms with E-state index in [4.69, 9.17) is 23.8 Å². The highest BCUT2D eigenvalue weighted by molar-refractivity contribution is 6.13. The summed E-state index contributed by atoms with van der Waals surface area (Å²) in [5.41, 5.74) is 12.7. The van der Waals surface area contributed by atoms with Gasteiger partial charge in [0.05, 0.1) is 0 Å². The Kier molecular flexibility index (Phi) is 7.42. The van der Waals surface area contributed by atoms with Gasteiger partial charge in [-0.25, -0.2) is 15.0 Å². The van der Waals surface area contributed by atoms with Crippen LogP contribution in [0.1, 0.15) is 0 Å². The molecular weight excluding hydrogens is 687 g/mol. The Morgan fingerprint density at radius 3 is 1.12 bits per heavy atom. The quantitative estimate of drug-likeness (QED) is 0.171. The molecule has 3 aromatic heterocycles. The van der Waals surface area contributed by atoms with E-state index in [9.17, 15) is 0 Å². The van der Waals surface area contributed by atoms with Gasteiger partial charge in [0.25, 0.3) is 0 Å². The molecule has 0 N–H and O–H groups in total. The van der Waals surface area contributed by atoms with Crippen molar-refractivity contribution in [3.8, 4) is 67.5 Å². The predicted octanol–water partition coefficient (Wildman–Crippen LogP) is 13.7. The molecule has 11 rings (SSSR count). The lowest BCUT2D eigenvalue weighted by Crippen LogP contribution is -2.00. The minimum absolute atomic E-state index is 0.592. The number of nitrogens with zero attached hydrogens (tertiary/aromatic N) is 3. The maximum Gasteiger partial charge on any atom is 0.164 e. The lowest BCUT2D eigenvalue weighted by atomic mass is 9.97. The van der Waals surface area contributed by atoms with Crippen LogP contribution in [0.2, 0.25) is 0 Å². The summed E-state index contributed by atoms with van der Waals surface area (Å²) < 4.78 is 12.5. The van der Waals surface area contributed by atoms with E-state index in [0.29, 0.717) is 17.5 Å². The predicted molar refractivity (Wildman–Crippen MR) is 227 cm³/mol. The molecule has 11 aromatic rings. The second-order valence-corrected chi connectivity index (χ2v) is 14.0. The molecule has 262 valence electrons. The number of aromatic nitrogens is 3. The summed E-state index contributed by atoms with van der Waals surface area (Å²) in [4.78, 5) is 15.5. The van der Waals surface area contributed by atoms with Crippen LogP contribution in [-0.4, -0.2) is 15.0 Å². The normalized spacial score (nSPS) is 11.6. The van der Waals surface area contributed by atoms with Crippen LogP contribution in [0.15, 0.2) is 197 Å². The van der Waals surface area contributed by atoms with Crippen molar-refractivity contribution in [1.29, 1.82) is 0 Å². The molecule has 0 radical (unpaired) electrons. The van der Waals surface area contributed by atoms with Crippen LogP contribution in [0.25, 0.3) is 111 Å².